The van der Waals surface area contributed by atoms with Crippen LogP contribution in [0.25, 0.3) is 0 Å². The van der Waals surface area contributed by atoms with E-state index in [1.807, 2.05) is 20.8 Å². The normalized spacial score (nSPS) is 10.8. The molecule has 0 saturated heterocycles. The Morgan fingerprint density at radius 1 is 1.10 bits per heavy atom. The maximum absolute atomic E-state index is 14.1. The molecule has 2 rings (SSSR count). The number of nitrogens with zero attached hydrogens (tertiary/aromatic N) is 2. The Bertz CT molecular complexity index is 668. The summed E-state index contributed by atoms with van der Waals surface area (Å²) in [6, 6.07) is 1.43. The molecule has 1 aromatic heterocycles. The summed E-state index contributed by atoms with van der Waals surface area (Å²) in [6.45, 7) is 5.70. The number of nitrogen functional groups attached to an aromatic ring is 2. The van der Waals surface area contributed by atoms with E-state index in [9.17, 15) is 4.39 Å². The van der Waals surface area contributed by atoms with Gasteiger partial charge in [-0.15, -0.1) is 0 Å². The molecule has 0 radical (unpaired) electrons. The van der Waals surface area contributed by atoms with Crippen LogP contribution in [0.15, 0.2) is 16.1 Å². The smallest absolute Gasteiger partial charge is 0.193 e. The predicted molar refractivity (Wildman–Crippen MR) is 80.6 cm³/mol. The Morgan fingerprint density at radius 2 is 1.65 bits per heavy atom. The van der Waals surface area contributed by atoms with E-state index < -0.39 is 5.82 Å². The molecule has 0 amide bonds. The average molecular weight is 313 g/mol. The molecule has 4 nitrogen and oxygen atoms in total. The highest BCUT2D eigenvalue weighted by molar-refractivity contribution is 7.99. The van der Waals surface area contributed by atoms with E-state index in [0.29, 0.717) is 5.16 Å². The molecule has 106 valence electrons. The largest absolute Gasteiger partial charge is 0.398 e. The maximum atomic E-state index is 14.1. The Kier molecular flexibility index (Phi) is 4.06. The summed E-state index contributed by atoms with van der Waals surface area (Å²) in [6.07, 6.45) is 0. The molecule has 0 aliphatic heterocycles. The number of aryl methyl sites for hydroxylation is 2. The van der Waals surface area contributed by atoms with E-state index in [-0.39, 0.29) is 21.3 Å². The monoisotopic (exact) mass is 312 g/mol. The third kappa shape index (κ3) is 2.66. The summed E-state index contributed by atoms with van der Waals surface area (Å²) in [5.74, 6) is -0.645. The summed E-state index contributed by atoms with van der Waals surface area (Å²) in [4.78, 5) is 8.82. The van der Waals surface area contributed by atoms with Crippen molar-refractivity contribution in [1.82, 2.24) is 9.97 Å². The van der Waals surface area contributed by atoms with Gasteiger partial charge in [-0.2, -0.15) is 0 Å². The van der Waals surface area contributed by atoms with Gasteiger partial charge in [-0.05, 0) is 44.2 Å². The zero-order valence-corrected chi connectivity index (χ0v) is 12.9. The van der Waals surface area contributed by atoms with E-state index in [0.717, 1.165) is 28.7 Å². The van der Waals surface area contributed by atoms with Crippen LogP contribution in [0.5, 0.6) is 0 Å². The van der Waals surface area contributed by atoms with Gasteiger partial charge < -0.3 is 11.5 Å². The van der Waals surface area contributed by atoms with Crippen molar-refractivity contribution in [2.24, 2.45) is 0 Å². The van der Waals surface area contributed by atoms with E-state index >= 15 is 0 Å². The predicted octanol–water partition coefficient (Wildman–Crippen LogP) is 3.51. The van der Waals surface area contributed by atoms with Gasteiger partial charge in [-0.3, -0.25) is 0 Å². The number of nitrogens with two attached hydrogens (primary N) is 2. The third-order valence-electron chi connectivity index (χ3n) is 3.02. The number of anilines is 2. The Labute approximate surface area is 125 Å². The molecule has 0 unspecified atom stereocenters. The molecule has 0 atom stereocenters. The van der Waals surface area contributed by atoms with Crippen LogP contribution < -0.4 is 11.5 Å². The van der Waals surface area contributed by atoms with E-state index in [1.54, 1.807) is 0 Å². The van der Waals surface area contributed by atoms with Crippen LogP contribution in [-0.4, -0.2) is 9.97 Å². The molecule has 0 fully saturated rings. The van der Waals surface area contributed by atoms with Crippen molar-refractivity contribution in [2.45, 2.75) is 30.8 Å². The van der Waals surface area contributed by atoms with Crippen LogP contribution >= 0.6 is 23.4 Å². The van der Waals surface area contributed by atoms with E-state index in [2.05, 4.69) is 9.97 Å². The van der Waals surface area contributed by atoms with Crippen molar-refractivity contribution in [1.29, 1.82) is 0 Å². The van der Waals surface area contributed by atoms with Crippen LogP contribution in [0.2, 0.25) is 5.02 Å². The zero-order chi connectivity index (χ0) is 15.0. The van der Waals surface area contributed by atoms with Gasteiger partial charge in [0.15, 0.2) is 11.0 Å². The molecule has 0 bridgehead atoms. The summed E-state index contributed by atoms with van der Waals surface area (Å²) >= 11 is 6.84. The molecule has 1 aromatic carbocycles. The number of hydrogen-bond donors (Lipinski definition) is 2. The number of halogens is 2. The van der Waals surface area contributed by atoms with Crippen molar-refractivity contribution in [3.63, 3.8) is 0 Å². The maximum Gasteiger partial charge on any atom is 0.193 e. The molecule has 4 N–H and O–H groups in total. The molecule has 20 heavy (non-hydrogen) atoms. The first-order valence-corrected chi connectivity index (χ1v) is 7.03. The molecule has 2 aromatic rings. The lowest BCUT2D eigenvalue weighted by Crippen LogP contribution is -2.01. The highest BCUT2D eigenvalue weighted by atomic mass is 35.5. The fourth-order valence-electron chi connectivity index (χ4n) is 1.63. The van der Waals surface area contributed by atoms with Crippen LogP contribution in [0.4, 0.5) is 15.8 Å². The van der Waals surface area contributed by atoms with Crippen LogP contribution in [-0.2, 0) is 0 Å². The van der Waals surface area contributed by atoms with Crippen molar-refractivity contribution >= 4 is 34.7 Å². The highest BCUT2D eigenvalue weighted by Crippen LogP contribution is 2.38. The standard InChI is InChI=1S/C13H14ClFN4S/c1-5-6(2)18-13(19-7(5)3)20-12-9(17)4-8(16)10(14)11(12)15/h4H,16-17H2,1-3H3. The van der Waals surface area contributed by atoms with Crippen LogP contribution in [0.3, 0.4) is 0 Å². The van der Waals surface area contributed by atoms with Gasteiger partial charge in [0.2, 0.25) is 0 Å². The molecule has 1 heterocycles. The highest BCUT2D eigenvalue weighted by Gasteiger charge is 2.17. The van der Waals surface area contributed by atoms with Crippen LogP contribution in [0.1, 0.15) is 17.0 Å². The van der Waals surface area contributed by atoms with E-state index in [4.69, 9.17) is 23.1 Å². The number of rotatable bonds is 2. The fourth-order valence-corrected chi connectivity index (χ4v) is 2.75. The summed E-state index contributed by atoms with van der Waals surface area (Å²) < 4.78 is 14.1. The molecule has 0 aliphatic carbocycles. The first-order valence-electron chi connectivity index (χ1n) is 5.84. The quantitative estimate of drug-likeness (QED) is 0.655. The fraction of sp³-hybridized carbons (Fsp3) is 0.231. The minimum Gasteiger partial charge on any atom is -0.398 e. The lowest BCUT2D eigenvalue weighted by molar-refractivity contribution is 0.604. The van der Waals surface area contributed by atoms with Crippen LogP contribution in [0, 0.1) is 26.6 Å². The lowest BCUT2D eigenvalue weighted by Gasteiger charge is -2.11. The first kappa shape index (κ1) is 14.9. The molecule has 0 spiro atoms. The minimum atomic E-state index is -0.645. The van der Waals surface area contributed by atoms with Gasteiger partial charge in [-0.25, -0.2) is 14.4 Å². The topological polar surface area (TPSA) is 77.8 Å². The molecule has 0 saturated carbocycles. The lowest BCUT2D eigenvalue weighted by atomic mass is 10.2. The second-order valence-corrected chi connectivity index (χ2v) is 5.77. The second-order valence-electron chi connectivity index (χ2n) is 4.42. The molecular weight excluding hydrogens is 299 g/mol. The number of aromatic nitrogens is 2. The third-order valence-corrected chi connectivity index (χ3v) is 4.39. The summed E-state index contributed by atoms with van der Waals surface area (Å²) in [5, 5.41) is 0.291. The van der Waals surface area contributed by atoms with Gasteiger partial charge in [0.25, 0.3) is 0 Å². The molecule has 7 heteroatoms. The Hall–Kier alpha value is -1.53. The SMILES string of the molecule is Cc1nc(Sc2c(N)cc(N)c(Cl)c2F)nc(C)c1C. The van der Waals surface area contributed by atoms with Crippen molar-refractivity contribution in [3.8, 4) is 0 Å². The average Bonchev–Trinajstić information content (AvgIpc) is 2.38. The van der Waals surface area contributed by atoms with Crippen molar-refractivity contribution in [2.75, 3.05) is 11.5 Å². The summed E-state index contributed by atoms with van der Waals surface area (Å²) in [7, 11) is 0. The van der Waals surface area contributed by atoms with E-state index in [1.165, 1.54) is 6.07 Å². The number of benzene rings is 1. The van der Waals surface area contributed by atoms with Crippen molar-refractivity contribution in [3.05, 3.63) is 33.9 Å². The summed E-state index contributed by atoms with van der Waals surface area (Å²) in [5.41, 5.74) is 14.4. The first-order chi connectivity index (χ1) is 9.31. The van der Waals surface area contributed by atoms with Gasteiger partial charge in [0.1, 0.15) is 5.02 Å². The minimum absolute atomic E-state index is 0.114. The zero-order valence-electron chi connectivity index (χ0n) is 11.3. The Morgan fingerprint density at radius 3 is 2.20 bits per heavy atom. The van der Waals surface area contributed by atoms with Gasteiger partial charge >= 0.3 is 0 Å². The van der Waals surface area contributed by atoms with Gasteiger partial charge in [0.05, 0.1) is 16.3 Å². The van der Waals surface area contributed by atoms with Gasteiger partial charge in [-0.1, -0.05) is 11.6 Å². The Balaban J connectivity index is 2.48. The number of hydrogen-bond acceptors (Lipinski definition) is 5. The van der Waals surface area contributed by atoms with Gasteiger partial charge in [0, 0.05) is 11.4 Å². The molecular formula is C13H14ClFN4S. The second kappa shape index (κ2) is 5.46. The van der Waals surface area contributed by atoms with Crippen molar-refractivity contribution < 1.29 is 4.39 Å². The molecule has 0 aliphatic rings.